The highest BCUT2D eigenvalue weighted by molar-refractivity contribution is 7.91. The molecule has 8 heteroatoms. The van der Waals surface area contributed by atoms with E-state index in [1.54, 1.807) is 6.07 Å². The Morgan fingerprint density at radius 3 is 2.58 bits per heavy atom. The van der Waals surface area contributed by atoms with E-state index in [9.17, 15) is 13.2 Å². The van der Waals surface area contributed by atoms with Crippen molar-refractivity contribution in [2.75, 3.05) is 37.9 Å². The molecule has 2 aromatic rings. The van der Waals surface area contributed by atoms with E-state index < -0.39 is 9.84 Å². The van der Waals surface area contributed by atoms with Crippen LogP contribution in [0.25, 0.3) is 0 Å². The van der Waals surface area contributed by atoms with Gasteiger partial charge in [-0.3, -0.25) is 9.69 Å². The molecule has 31 heavy (non-hydrogen) atoms. The van der Waals surface area contributed by atoms with E-state index in [2.05, 4.69) is 24.1 Å². The van der Waals surface area contributed by atoms with Crippen LogP contribution >= 0.6 is 0 Å². The molecule has 1 amide bonds. The third-order valence-electron chi connectivity index (χ3n) is 5.88. The zero-order valence-electron chi connectivity index (χ0n) is 17.9. The fourth-order valence-corrected chi connectivity index (χ4v) is 5.08. The van der Waals surface area contributed by atoms with Crippen LogP contribution in [0.5, 0.6) is 11.5 Å². The smallest absolute Gasteiger partial charge is 0.251 e. The van der Waals surface area contributed by atoms with Crippen LogP contribution in [-0.2, 0) is 21.8 Å². The lowest BCUT2D eigenvalue weighted by Crippen LogP contribution is -2.39. The van der Waals surface area contributed by atoms with E-state index in [1.807, 2.05) is 36.4 Å². The van der Waals surface area contributed by atoms with Gasteiger partial charge in [0.25, 0.3) is 5.91 Å². The predicted molar refractivity (Wildman–Crippen MR) is 118 cm³/mol. The number of carbonyl (C=O) groups is 1. The fourth-order valence-electron chi connectivity index (χ4n) is 3.80. The largest absolute Gasteiger partial charge is 0.454 e. The average Bonchev–Trinajstić information content (AvgIpc) is 3.22. The highest BCUT2D eigenvalue weighted by Crippen LogP contribution is 2.36. The van der Waals surface area contributed by atoms with Gasteiger partial charge in [0, 0.05) is 37.2 Å². The summed E-state index contributed by atoms with van der Waals surface area (Å²) < 4.78 is 34.1. The number of nitrogens with one attached hydrogen (secondary N) is 1. The van der Waals surface area contributed by atoms with Gasteiger partial charge >= 0.3 is 0 Å². The van der Waals surface area contributed by atoms with Crippen LogP contribution in [0, 0.1) is 0 Å². The molecular weight excluding hydrogens is 416 g/mol. The Kier molecular flexibility index (Phi) is 5.94. The fraction of sp³-hybridized carbons (Fsp3) is 0.435. The number of sulfone groups is 1. The van der Waals surface area contributed by atoms with E-state index in [0.717, 1.165) is 22.6 Å². The molecule has 0 radical (unpaired) electrons. The molecule has 2 aromatic carbocycles. The van der Waals surface area contributed by atoms with E-state index in [4.69, 9.17) is 9.47 Å². The van der Waals surface area contributed by atoms with Crippen LogP contribution in [0.4, 0.5) is 0 Å². The van der Waals surface area contributed by atoms with Crippen LogP contribution in [0.15, 0.2) is 42.5 Å². The van der Waals surface area contributed by atoms with Gasteiger partial charge in [-0.2, -0.15) is 0 Å². The second kappa shape index (κ2) is 8.51. The van der Waals surface area contributed by atoms with Gasteiger partial charge in [-0.25, -0.2) is 8.42 Å². The van der Waals surface area contributed by atoms with Gasteiger partial charge in [0.1, 0.15) is 0 Å². The first-order valence-corrected chi connectivity index (χ1v) is 12.2. The van der Waals surface area contributed by atoms with E-state index in [-0.39, 0.29) is 29.6 Å². The summed E-state index contributed by atoms with van der Waals surface area (Å²) in [6.45, 7) is 6.56. The van der Waals surface area contributed by atoms with Crippen molar-refractivity contribution in [2.45, 2.75) is 25.8 Å². The zero-order chi connectivity index (χ0) is 22.1. The Labute approximate surface area is 183 Å². The van der Waals surface area contributed by atoms with Crippen LogP contribution in [0.1, 0.15) is 35.3 Å². The van der Waals surface area contributed by atoms with Crippen molar-refractivity contribution in [3.8, 4) is 11.5 Å². The molecule has 2 aliphatic rings. The summed E-state index contributed by atoms with van der Waals surface area (Å²) in [5.41, 5.74) is 2.38. The van der Waals surface area contributed by atoms with Crippen molar-refractivity contribution in [1.82, 2.24) is 10.2 Å². The summed E-state index contributed by atoms with van der Waals surface area (Å²) in [7, 11) is -2.90. The van der Waals surface area contributed by atoms with Crippen molar-refractivity contribution < 1.29 is 22.7 Å². The first-order chi connectivity index (χ1) is 14.7. The molecular formula is C23H28N2O5S. The lowest BCUT2D eigenvalue weighted by Gasteiger charge is -2.27. The normalized spacial score (nSPS) is 18.0. The Bertz CT molecular complexity index is 1070. The monoisotopic (exact) mass is 444 g/mol. The highest BCUT2D eigenvalue weighted by Gasteiger charge is 2.25. The summed E-state index contributed by atoms with van der Waals surface area (Å²) in [5.74, 6) is 1.74. The Balaban J connectivity index is 1.37. The maximum atomic E-state index is 12.8. The third-order valence-corrected chi connectivity index (χ3v) is 7.49. The molecule has 4 rings (SSSR count). The molecule has 0 bridgehead atoms. The molecule has 0 aliphatic carbocycles. The van der Waals surface area contributed by atoms with Gasteiger partial charge in [0.05, 0.1) is 11.5 Å². The predicted octanol–water partition coefficient (Wildman–Crippen LogP) is 2.35. The van der Waals surface area contributed by atoms with Crippen molar-refractivity contribution in [2.24, 2.45) is 0 Å². The SMILES string of the molecule is CC(C)(CNC(=O)c1cccc(CN2CCS(=O)(=O)CC2)c1)c1ccc2c(c1)OCO2. The molecule has 0 atom stereocenters. The van der Waals surface area contributed by atoms with Crippen molar-refractivity contribution in [1.29, 1.82) is 0 Å². The van der Waals surface area contributed by atoms with Gasteiger partial charge in [0.15, 0.2) is 21.3 Å². The first kappa shape index (κ1) is 21.6. The van der Waals surface area contributed by atoms with Crippen LogP contribution in [0.2, 0.25) is 0 Å². The van der Waals surface area contributed by atoms with Gasteiger partial charge in [0.2, 0.25) is 6.79 Å². The van der Waals surface area contributed by atoms with Crippen LogP contribution < -0.4 is 14.8 Å². The standard InChI is InChI=1S/C23H28N2O5S/c1-23(2,19-6-7-20-21(13-19)30-16-29-20)15-24-22(26)18-5-3-4-17(12-18)14-25-8-10-31(27,28)11-9-25/h3-7,12-13H,8-11,14-16H2,1-2H3,(H,24,26). The minimum atomic E-state index is -2.90. The maximum Gasteiger partial charge on any atom is 0.251 e. The number of hydrogen-bond acceptors (Lipinski definition) is 6. The average molecular weight is 445 g/mol. The molecule has 0 spiro atoms. The second-order valence-electron chi connectivity index (χ2n) is 8.76. The summed E-state index contributed by atoms with van der Waals surface area (Å²) in [4.78, 5) is 14.9. The van der Waals surface area contributed by atoms with Crippen molar-refractivity contribution in [3.05, 3.63) is 59.2 Å². The third kappa shape index (κ3) is 5.19. The first-order valence-electron chi connectivity index (χ1n) is 10.4. The highest BCUT2D eigenvalue weighted by atomic mass is 32.2. The number of nitrogens with zero attached hydrogens (tertiary/aromatic N) is 1. The number of amides is 1. The van der Waals surface area contributed by atoms with E-state index in [1.165, 1.54) is 0 Å². The molecule has 1 N–H and O–H groups in total. The van der Waals surface area contributed by atoms with Crippen LogP contribution in [-0.4, -0.2) is 57.2 Å². The van der Waals surface area contributed by atoms with E-state index >= 15 is 0 Å². The molecule has 7 nitrogen and oxygen atoms in total. The van der Waals surface area contributed by atoms with Gasteiger partial charge < -0.3 is 14.8 Å². The minimum absolute atomic E-state index is 0.128. The molecule has 0 unspecified atom stereocenters. The topological polar surface area (TPSA) is 84.9 Å². The van der Waals surface area contributed by atoms with Gasteiger partial charge in [-0.05, 0) is 35.4 Å². The summed E-state index contributed by atoms with van der Waals surface area (Å²) >= 11 is 0. The summed E-state index contributed by atoms with van der Waals surface area (Å²) in [5, 5.41) is 3.04. The molecule has 1 saturated heterocycles. The van der Waals surface area contributed by atoms with Crippen molar-refractivity contribution in [3.63, 3.8) is 0 Å². The number of fused-ring (bicyclic) bond motifs is 1. The number of hydrogen-bond donors (Lipinski definition) is 1. The maximum absolute atomic E-state index is 12.8. The van der Waals surface area contributed by atoms with E-state index in [0.29, 0.717) is 31.7 Å². The Morgan fingerprint density at radius 2 is 1.81 bits per heavy atom. The Morgan fingerprint density at radius 1 is 1.06 bits per heavy atom. The molecule has 0 aromatic heterocycles. The Hall–Kier alpha value is -2.58. The van der Waals surface area contributed by atoms with Gasteiger partial charge in [-0.1, -0.05) is 32.0 Å². The van der Waals surface area contributed by atoms with Crippen molar-refractivity contribution >= 4 is 15.7 Å². The lowest BCUT2D eigenvalue weighted by atomic mass is 9.84. The number of rotatable bonds is 6. The molecule has 2 heterocycles. The molecule has 1 fully saturated rings. The molecule has 0 saturated carbocycles. The number of ether oxygens (including phenoxy) is 2. The van der Waals surface area contributed by atoms with Gasteiger partial charge in [-0.15, -0.1) is 0 Å². The lowest BCUT2D eigenvalue weighted by molar-refractivity contribution is 0.0945. The number of benzene rings is 2. The summed E-state index contributed by atoms with van der Waals surface area (Å²) in [6.07, 6.45) is 0. The quantitative estimate of drug-likeness (QED) is 0.736. The molecule has 166 valence electrons. The zero-order valence-corrected chi connectivity index (χ0v) is 18.7. The van der Waals surface area contributed by atoms with Crippen LogP contribution in [0.3, 0.4) is 0 Å². The summed E-state index contributed by atoms with van der Waals surface area (Å²) in [6, 6.07) is 13.4. The minimum Gasteiger partial charge on any atom is -0.454 e. The number of carbonyl (C=O) groups excluding carboxylic acids is 1. The molecule has 2 aliphatic heterocycles. The second-order valence-corrected chi connectivity index (χ2v) is 11.1.